The highest BCUT2D eigenvalue weighted by atomic mass is 32.1. The van der Waals surface area contributed by atoms with Crippen LogP contribution in [0.15, 0.2) is 66.0 Å². The molecule has 0 aliphatic heterocycles. The summed E-state index contributed by atoms with van der Waals surface area (Å²) in [4.78, 5) is 31.4. The van der Waals surface area contributed by atoms with Crippen LogP contribution in [0.25, 0.3) is 0 Å². The van der Waals surface area contributed by atoms with Crippen molar-refractivity contribution in [2.45, 2.75) is 32.4 Å². The second-order valence-corrected chi connectivity index (χ2v) is 10.0. The molecule has 0 spiro atoms. The monoisotopic (exact) mass is 494 g/mol. The van der Waals surface area contributed by atoms with Crippen molar-refractivity contribution in [3.8, 4) is 0 Å². The second kappa shape index (κ2) is 11.6. The van der Waals surface area contributed by atoms with Crippen LogP contribution in [0.2, 0.25) is 0 Å². The molecule has 0 bridgehead atoms. The van der Waals surface area contributed by atoms with Gasteiger partial charge in [0.15, 0.2) is 0 Å². The summed E-state index contributed by atoms with van der Waals surface area (Å²) in [5.41, 5.74) is 3.13. The number of benzene rings is 2. The molecule has 2 aromatic carbocycles. The third-order valence-electron chi connectivity index (χ3n) is 6.48. The van der Waals surface area contributed by atoms with Gasteiger partial charge < -0.3 is 14.5 Å². The van der Waals surface area contributed by atoms with Gasteiger partial charge in [-0.3, -0.25) is 9.59 Å². The van der Waals surface area contributed by atoms with Crippen LogP contribution in [0.1, 0.15) is 33.9 Å². The molecule has 1 fully saturated rings. The van der Waals surface area contributed by atoms with Crippen molar-refractivity contribution in [1.82, 2.24) is 9.80 Å². The molecular weight excluding hydrogens is 463 g/mol. The third kappa shape index (κ3) is 6.55. The van der Waals surface area contributed by atoms with Crippen molar-refractivity contribution in [2.24, 2.45) is 5.92 Å². The molecule has 1 aliphatic carbocycles. The van der Waals surface area contributed by atoms with Crippen LogP contribution in [-0.2, 0) is 27.4 Å². The van der Waals surface area contributed by atoms with E-state index in [-0.39, 0.29) is 36.0 Å². The van der Waals surface area contributed by atoms with Gasteiger partial charge in [0.2, 0.25) is 11.8 Å². The molecule has 184 valence electrons. The van der Waals surface area contributed by atoms with Crippen molar-refractivity contribution in [3.63, 3.8) is 0 Å². The van der Waals surface area contributed by atoms with Crippen molar-refractivity contribution in [3.05, 3.63) is 93.4 Å². The topological polar surface area (TPSA) is 49.9 Å². The molecule has 2 atom stereocenters. The van der Waals surface area contributed by atoms with Gasteiger partial charge in [-0.05, 0) is 59.5 Å². The fourth-order valence-corrected chi connectivity index (χ4v) is 5.21. The lowest BCUT2D eigenvalue weighted by molar-refractivity contribution is -0.142. The Morgan fingerprint density at radius 3 is 2.43 bits per heavy atom. The van der Waals surface area contributed by atoms with E-state index in [9.17, 15) is 14.0 Å². The van der Waals surface area contributed by atoms with Gasteiger partial charge in [0.05, 0.1) is 19.7 Å². The summed E-state index contributed by atoms with van der Waals surface area (Å²) >= 11 is 1.61. The molecule has 35 heavy (non-hydrogen) atoms. The van der Waals surface area contributed by atoms with Crippen LogP contribution in [0.5, 0.6) is 0 Å². The molecule has 2 amide bonds. The first-order valence-corrected chi connectivity index (χ1v) is 12.7. The zero-order valence-corrected chi connectivity index (χ0v) is 21.0. The number of hydrogen-bond donors (Lipinski definition) is 0. The molecule has 1 aliphatic rings. The number of rotatable bonds is 11. The molecule has 1 aromatic heterocycles. The van der Waals surface area contributed by atoms with Gasteiger partial charge in [0, 0.05) is 31.0 Å². The highest BCUT2D eigenvalue weighted by molar-refractivity contribution is 7.10. The maximum absolute atomic E-state index is 13.5. The standard InChI is InChI=1S/C28H31FN2O3S/c1-20-12-15-35-26(20)18-31(17-21-8-10-23(29)11-9-21)27(32)19-30(13-14-34-2)28(33)25-16-24(25)22-6-4-3-5-7-22/h3-12,15,24-25H,13-14,16-19H2,1-2H3. The number of methoxy groups -OCH3 is 1. The van der Waals surface area contributed by atoms with E-state index in [1.807, 2.05) is 36.6 Å². The average molecular weight is 495 g/mol. The van der Waals surface area contributed by atoms with Gasteiger partial charge in [0.1, 0.15) is 5.82 Å². The molecular formula is C28H31FN2O3S. The second-order valence-electron chi connectivity index (χ2n) is 9.02. The van der Waals surface area contributed by atoms with Crippen LogP contribution in [-0.4, -0.2) is 48.4 Å². The average Bonchev–Trinajstić information content (AvgIpc) is 3.58. The van der Waals surface area contributed by atoms with Crippen molar-refractivity contribution >= 4 is 23.2 Å². The highest BCUT2D eigenvalue weighted by Gasteiger charge is 2.46. The number of carbonyl (C=O) groups excluding carboxylic acids is 2. The molecule has 1 heterocycles. The predicted molar refractivity (Wildman–Crippen MR) is 135 cm³/mol. The molecule has 5 nitrogen and oxygen atoms in total. The zero-order valence-electron chi connectivity index (χ0n) is 20.2. The molecule has 0 saturated heterocycles. The summed E-state index contributed by atoms with van der Waals surface area (Å²) in [6.45, 7) is 3.54. The highest BCUT2D eigenvalue weighted by Crippen LogP contribution is 2.48. The number of nitrogens with zero attached hydrogens (tertiary/aromatic N) is 2. The number of halogens is 1. The Bertz CT molecular complexity index is 1130. The molecule has 4 rings (SSSR count). The van der Waals surface area contributed by atoms with Gasteiger partial charge >= 0.3 is 0 Å². The van der Waals surface area contributed by atoms with Gasteiger partial charge in [-0.15, -0.1) is 11.3 Å². The summed E-state index contributed by atoms with van der Waals surface area (Å²) in [5, 5.41) is 2.01. The van der Waals surface area contributed by atoms with Crippen LogP contribution in [0.4, 0.5) is 4.39 Å². The Morgan fingerprint density at radius 1 is 1.03 bits per heavy atom. The largest absolute Gasteiger partial charge is 0.383 e. The van der Waals surface area contributed by atoms with Gasteiger partial charge in [0.25, 0.3) is 0 Å². The Morgan fingerprint density at radius 2 is 1.77 bits per heavy atom. The molecule has 0 radical (unpaired) electrons. The minimum Gasteiger partial charge on any atom is -0.383 e. The van der Waals surface area contributed by atoms with Crippen LogP contribution < -0.4 is 0 Å². The fourth-order valence-electron chi connectivity index (χ4n) is 4.28. The summed E-state index contributed by atoms with van der Waals surface area (Å²) < 4.78 is 18.7. The molecule has 1 saturated carbocycles. The summed E-state index contributed by atoms with van der Waals surface area (Å²) in [6, 6.07) is 18.3. The lowest BCUT2D eigenvalue weighted by Gasteiger charge is -2.28. The van der Waals surface area contributed by atoms with Crippen molar-refractivity contribution in [2.75, 3.05) is 26.8 Å². The van der Waals surface area contributed by atoms with Gasteiger partial charge in [-0.25, -0.2) is 4.39 Å². The van der Waals surface area contributed by atoms with Crippen LogP contribution in [0.3, 0.4) is 0 Å². The van der Waals surface area contributed by atoms with Crippen LogP contribution >= 0.6 is 11.3 Å². The zero-order chi connectivity index (χ0) is 24.8. The lowest BCUT2D eigenvalue weighted by atomic mass is 10.1. The number of thiophene rings is 1. The number of hydrogen-bond acceptors (Lipinski definition) is 4. The minimum absolute atomic E-state index is 0.00158. The van der Waals surface area contributed by atoms with Gasteiger partial charge in [-0.2, -0.15) is 0 Å². The lowest BCUT2D eigenvalue weighted by Crippen LogP contribution is -2.44. The Kier molecular flexibility index (Phi) is 8.31. The predicted octanol–water partition coefficient (Wildman–Crippen LogP) is 5.00. The van der Waals surface area contributed by atoms with Crippen molar-refractivity contribution < 1.29 is 18.7 Å². The third-order valence-corrected chi connectivity index (χ3v) is 7.49. The van der Waals surface area contributed by atoms with Gasteiger partial charge in [-0.1, -0.05) is 42.5 Å². The maximum atomic E-state index is 13.5. The first-order chi connectivity index (χ1) is 17.0. The summed E-state index contributed by atoms with van der Waals surface area (Å²) in [7, 11) is 1.59. The van der Waals surface area contributed by atoms with E-state index < -0.39 is 0 Å². The first-order valence-electron chi connectivity index (χ1n) is 11.8. The smallest absolute Gasteiger partial charge is 0.242 e. The SMILES string of the molecule is COCCN(CC(=O)N(Cc1ccc(F)cc1)Cc1sccc1C)C(=O)C1CC1c1ccccc1. The molecule has 7 heteroatoms. The van der Waals surface area contributed by atoms with E-state index in [4.69, 9.17) is 4.74 Å². The number of ether oxygens (including phenoxy) is 1. The fraction of sp³-hybridized carbons (Fsp3) is 0.357. The normalized spacial score (nSPS) is 16.7. The first kappa shape index (κ1) is 25.1. The molecule has 2 unspecified atom stereocenters. The number of aryl methyl sites for hydroxylation is 1. The summed E-state index contributed by atoms with van der Waals surface area (Å²) in [6.07, 6.45) is 0.800. The van der Waals surface area contributed by atoms with E-state index in [0.29, 0.717) is 26.2 Å². The minimum atomic E-state index is -0.311. The van der Waals surface area contributed by atoms with E-state index in [1.165, 1.54) is 12.1 Å². The van der Waals surface area contributed by atoms with E-state index in [0.717, 1.165) is 28.0 Å². The maximum Gasteiger partial charge on any atom is 0.242 e. The Labute approximate surface area is 210 Å². The summed E-state index contributed by atoms with van der Waals surface area (Å²) in [5.74, 6) is -0.351. The Balaban J connectivity index is 1.48. The van der Waals surface area contributed by atoms with Crippen LogP contribution in [0, 0.1) is 18.7 Å². The number of carbonyl (C=O) groups is 2. The van der Waals surface area contributed by atoms with E-state index in [2.05, 4.69) is 12.1 Å². The quantitative estimate of drug-likeness (QED) is 0.377. The Hall–Kier alpha value is -3.03. The molecule has 0 N–H and O–H groups in total. The van der Waals surface area contributed by atoms with E-state index >= 15 is 0 Å². The van der Waals surface area contributed by atoms with Crippen molar-refractivity contribution in [1.29, 1.82) is 0 Å². The number of amides is 2. The molecule has 3 aromatic rings. The van der Waals surface area contributed by atoms with E-state index in [1.54, 1.807) is 40.4 Å².